The molecule has 8 heteroatoms. The van der Waals surface area contributed by atoms with Crippen molar-refractivity contribution in [3.8, 4) is 5.69 Å². The number of hydrogen-bond acceptors (Lipinski definition) is 4. The van der Waals surface area contributed by atoms with Crippen LogP contribution in [0, 0.1) is 5.21 Å². The van der Waals surface area contributed by atoms with Crippen molar-refractivity contribution in [2.24, 2.45) is 0 Å². The molecular weight excluding hydrogens is 322 g/mol. The molecule has 2 aliphatic carbocycles. The fourth-order valence-electron chi connectivity index (χ4n) is 5.09. The summed E-state index contributed by atoms with van der Waals surface area (Å²) in [5, 5.41) is 12.2. The Hall–Kier alpha value is -3.16. The Morgan fingerprint density at radius 2 is 1.88 bits per heavy atom. The fraction of sp³-hybridized carbons (Fsp3) is 0.294. The first-order chi connectivity index (χ1) is 12.2. The van der Waals surface area contributed by atoms with Crippen molar-refractivity contribution in [1.29, 1.82) is 0 Å². The van der Waals surface area contributed by atoms with E-state index in [2.05, 4.69) is 4.98 Å². The van der Waals surface area contributed by atoms with Crippen LogP contribution in [0.25, 0.3) is 5.69 Å². The van der Waals surface area contributed by atoms with Crippen LogP contribution in [-0.2, 0) is 0 Å². The third-order valence-corrected chi connectivity index (χ3v) is 5.89. The smallest absolute Gasteiger partial charge is 0.352 e. The van der Waals surface area contributed by atoms with E-state index in [0.29, 0.717) is 11.4 Å². The SMILES string of the molecule is O=c1n(-c2ccccc2)c(=O)n2n1C1[C@H]3c4c(ncc[n+]4[O-])[C@@H]1C[C@H]32. The molecule has 2 aromatic heterocycles. The molecule has 0 N–H and O–H groups in total. The quantitative estimate of drug-likeness (QED) is 0.470. The van der Waals surface area contributed by atoms with Crippen LogP contribution < -0.4 is 16.1 Å². The summed E-state index contributed by atoms with van der Waals surface area (Å²) >= 11 is 0. The summed E-state index contributed by atoms with van der Waals surface area (Å²) in [5.41, 5.74) is 1.28. The minimum Gasteiger partial charge on any atom is -0.618 e. The third-order valence-electron chi connectivity index (χ3n) is 5.89. The molecule has 3 aromatic rings. The summed E-state index contributed by atoms with van der Waals surface area (Å²) in [6, 6.07) is 8.59. The van der Waals surface area contributed by atoms with Gasteiger partial charge in [-0.3, -0.25) is 0 Å². The third kappa shape index (κ3) is 1.32. The van der Waals surface area contributed by atoms with E-state index in [-0.39, 0.29) is 35.3 Å². The van der Waals surface area contributed by atoms with Crippen LogP contribution in [0.1, 0.15) is 41.7 Å². The first-order valence-corrected chi connectivity index (χ1v) is 8.28. The van der Waals surface area contributed by atoms with Gasteiger partial charge in [0, 0.05) is 5.92 Å². The second-order valence-electron chi connectivity index (χ2n) is 6.87. The Balaban J connectivity index is 1.61. The lowest BCUT2D eigenvalue weighted by atomic mass is 9.95. The highest BCUT2D eigenvalue weighted by Gasteiger charge is 2.64. The maximum absolute atomic E-state index is 13.0. The summed E-state index contributed by atoms with van der Waals surface area (Å²) in [4.78, 5) is 30.4. The molecule has 4 bridgehead atoms. The topological polar surface area (TPSA) is 88.8 Å². The molecule has 1 fully saturated rings. The van der Waals surface area contributed by atoms with Gasteiger partial charge in [0.1, 0.15) is 5.69 Å². The van der Waals surface area contributed by atoms with Crippen molar-refractivity contribution < 1.29 is 4.73 Å². The van der Waals surface area contributed by atoms with E-state index in [4.69, 9.17) is 0 Å². The Kier molecular flexibility index (Phi) is 2.15. The van der Waals surface area contributed by atoms with E-state index >= 15 is 0 Å². The summed E-state index contributed by atoms with van der Waals surface area (Å²) in [7, 11) is 0. The molecule has 0 radical (unpaired) electrons. The van der Waals surface area contributed by atoms with Gasteiger partial charge in [-0.15, -0.1) is 0 Å². The Labute approximate surface area is 140 Å². The molecular formula is C17H13N5O3. The van der Waals surface area contributed by atoms with Crippen LogP contribution >= 0.6 is 0 Å². The van der Waals surface area contributed by atoms with Crippen molar-refractivity contribution in [2.75, 3.05) is 0 Å². The summed E-state index contributed by atoms with van der Waals surface area (Å²) in [6.07, 6.45) is 3.64. The Morgan fingerprint density at radius 3 is 2.68 bits per heavy atom. The van der Waals surface area contributed by atoms with Crippen LogP contribution in [0.4, 0.5) is 0 Å². The molecule has 6 rings (SSSR count). The molecule has 1 saturated carbocycles. The van der Waals surface area contributed by atoms with Gasteiger partial charge in [0.25, 0.3) is 0 Å². The van der Waals surface area contributed by atoms with Crippen molar-refractivity contribution in [3.05, 3.63) is 80.3 Å². The maximum atomic E-state index is 13.0. The number of para-hydroxylation sites is 1. The van der Waals surface area contributed by atoms with Gasteiger partial charge >= 0.3 is 11.4 Å². The lowest BCUT2D eigenvalue weighted by Gasteiger charge is -2.23. The summed E-state index contributed by atoms with van der Waals surface area (Å²) in [5.74, 6) is -0.118. The molecule has 1 unspecified atom stereocenters. The normalized spacial score (nSPS) is 27.5. The monoisotopic (exact) mass is 335 g/mol. The second-order valence-corrected chi connectivity index (χ2v) is 6.87. The maximum Gasteiger partial charge on any atom is 0.352 e. The molecule has 8 nitrogen and oxygen atoms in total. The van der Waals surface area contributed by atoms with E-state index in [0.717, 1.165) is 16.8 Å². The zero-order valence-corrected chi connectivity index (χ0v) is 13.0. The molecule has 0 spiro atoms. The number of benzene rings is 1. The minimum absolute atomic E-state index is 0.0233. The molecule has 25 heavy (non-hydrogen) atoms. The standard InChI is InChI=1S/C17H13N5O3/c23-16-20(9-4-2-1-3-5-9)17(24)22-14-10-8-11(21(16)22)12(14)15-13(10)18-6-7-19(15)25/h1-7,10-12,14H,8H2/t10-,11+,12-,14?/m0/s1. The van der Waals surface area contributed by atoms with E-state index < -0.39 is 0 Å². The van der Waals surface area contributed by atoms with Crippen molar-refractivity contribution in [3.63, 3.8) is 0 Å². The largest absolute Gasteiger partial charge is 0.618 e. The fourth-order valence-corrected chi connectivity index (χ4v) is 5.09. The van der Waals surface area contributed by atoms with Gasteiger partial charge in [-0.25, -0.2) is 28.5 Å². The molecule has 1 aromatic carbocycles. The van der Waals surface area contributed by atoms with Gasteiger partial charge in [0.2, 0.25) is 5.69 Å². The Morgan fingerprint density at radius 1 is 1.12 bits per heavy atom. The number of rotatable bonds is 1. The number of aromatic nitrogens is 5. The number of fused-ring (bicyclic) bond motifs is 4. The van der Waals surface area contributed by atoms with Gasteiger partial charge in [0.05, 0.1) is 29.9 Å². The lowest BCUT2D eigenvalue weighted by Crippen LogP contribution is -2.37. The van der Waals surface area contributed by atoms with Crippen LogP contribution in [0.2, 0.25) is 0 Å². The van der Waals surface area contributed by atoms with E-state index in [9.17, 15) is 14.8 Å². The Bertz CT molecular complexity index is 1160. The predicted molar refractivity (Wildman–Crippen MR) is 85.7 cm³/mol. The van der Waals surface area contributed by atoms with E-state index in [1.165, 1.54) is 17.0 Å². The van der Waals surface area contributed by atoms with Gasteiger partial charge in [0.15, 0.2) is 6.20 Å². The zero-order valence-electron chi connectivity index (χ0n) is 13.0. The summed E-state index contributed by atoms with van der Waals surface area (Å²) < 4.78 is 5.17. The molecule has 0 saturated heterocycles. The molecule has 1 aliphatic heterocycles. The average molecular weight is 335 g/mol. The van der Waals surface area contributed by atoms with Gasteiger partial charge < -0.3 is 5.21 Å². The van der Waals surface area contributed by atoms with Crippen LogP contribution in [0.15, 0.2) is 52.3 Å². The van der Waals surface area contributed by atoms with Crippen molar-refractivity contribution in [2.45, 2.75) is 30.3 Å². The number of nitrogens with zero attached hydrogens (tertiary/aromatic N) is 5. The highest BCUT2D eigenvalue weighted by atomic mass is 16.5. The highest BCUT2D eigenvalue weighted by Crippen LogP contribution is 2.65. The van der Waals surface area contributed by atoms with Gasteiger partial charge in [-0.2, -0.15) is 4.73 Å². The van der Waals surface area contributed by atoms with E-state index in [1.54, 1.807) is 33.6 Å². The number of hydrogen-bond donors (Lipinski definition) is 0. The molecule has 3 aliphatic rings. The second kappa shape index (κ2) is 4.08. The zero-order chi connectivity index (χ0) is 16.9. The minimum atomic E-state index is -0.344. The van der Waals surface area contributed by atoms with Crippen LogP contribution in [0.3, 0.4) is 0 Å². The highest BCUT2D eigenvalue weighted by molar-refractivity contribution is 5.38. The molecule has 124 valence electrons. The summed E-state index contributed by atoms with van der Waals surface area (Å²) in [6.45, 7) is 0. The van der Waals surface area contributed by atoms with Crippen molar-refractivity contribution in [1.82, 2.24) is 18.9 Å². The average Bonchev–Trinajstić information content (AvgIpc) is 3.31. The molecule has 3 heterocycles. The van der Waals surface area contributed by atoms with E-state index in [1.807, 2.05) is 6.07 Å². The first kappa shape index (κ1) is 13.2. The van der Waals surface area contributed by atoms with Crippen molar-refractivity contribution >= 4 is 0 Å². The molecule has 0 amide bonds. The first-order valence-electron chi connectivity index (χ1n) is 8.28. The lowest BCUT2D eigenvalue weighted by molar-refractivity contribution is -0.616. The van der Waals surface area contributed by atoms with Gasteiger partial charge in [-0.05, 0) is 18.6 Å². The van der Waals surface area contributed by atoms with Crippen LogP contribution in [0.5, 0.6) is 0 Å². The molecule has 4 atom stereocenters. The van der Waals surface area contributed by atoms with Crippen LogP contribution in [-0.4, -0.2) is 18.9 Å². The van der Waals surface area contributed by atoms with Gasteiger partial charge in [-0.1, -0.05) is 18.2 Å². The predicted octanol–water partition coefficient (Wildman–Crippen LogP) is 0.210.